The Bertz CT molecular complexity index is 1690. The highest BCUT2D eigenvalue weighted by Crippen LogP contribution is 2.39. The number of ether oxygens (including phenoxy) is 2. The number of pyridine rings is 2. The van der Waals surface area contributed by atoms with Crippen LogP contribution in [0, 0.1) is 0 Å². The average molecular weight is 758 g/mol. The summed E-state index contributed by atoms with van der Waals surface area (Å²) in [4.78, 5) is 37.8. The molecule has 2 aromatic heterocycles. The Kier molecular flexibility index (Phi) is 16.6. The van der Waals surface area contributed by atoms with E-state index in [0.29, 0.717) is 44.3 Å². The number of methoxy groups -OCH3 is 2. The highest BCUT2D eigenvalue weighted by Gasteiger charge is 2.28. The Hall–Kier alpha value is -4.54. The molecule has 0 aliphatic carbocycles. The fourth-order valence-electron chi connectivity index (χ4n) is 5.12. The van der Waals surface area contributed by atoms with Crippen LogP contribution in [-0.2, 0) is 19.1 Å². The van der Waals surface area contributed by atoms with Gasteiger partial charge in [-0.25, -0.2) is 0 Å². The third-order valence-corrected chi connectivity index (χ3v) is 8.53. The second kappa shape index (κ2) is 20.9. The molecule has 0 bridgehead atoms. The molecule has 16 heteroatoms. The highest BCUT2D eigenvalue weighted by atomic mass is 35.5. The molecule has 0 aliphatic heterocycles. The lowest BCUT2D eigenvalue weighted by atomic mass is 9.87. The van der Waals surface area contributed by atoms with Gasteiger partial charge in [0.1, 0.15) is 0 Å². The summed E-state index contributed by atoms with van der Waals surface area (Å²) in [6.45, 7) is 0. The zero-order chi connectivity index (χ0) is 36.5. The van der Waals surface area contributed by atoms with Crippen LogP contribution in [0.3, 0.4) is 0 Å². The second-order valence-electron chi connectivity index (χ2n) is 10.6. The molecule has 4 aromatic rings. The molecule has 0 spiro atoms. The van der Waals surface area contributed by atoms with Crippen LogP contribution in [0.15, 0.2) is 95.4 Å². The van der Waals surface area contributed by atoms with Crippen molar-refractivity contribution in [1.29, 1.82) is 0 Å². The first-order valence-corrected chi connectivity index (χ1v) is 16.6. The minimum absolute atomic E-state index is 0.167. The maximum atomic E-state index is 11.6. The van der Waals surface area contributed by atoms with Gasteiger partial charge in [-0.1, -0.05) is 80.9 Å². The number of carbonyl (C=O) groups excluding carboxylic acids is 2. The molecule has 0 N–H and O–H groups in total. The second-order valence-corrected chi connectivity index (χ2v) is 12.4. The molecular weight excluding hydrogens is 726 g/mol. The van der Waals surface area contributed by atoms with Crippen molar-refractivity contribution in [1.82, 2.24) is 9.97 Å². The first-order chi connectivity index (χ1) is 24.1. The van der Waals surface area contributed by atoms with Crippen molar-refractivity contribution < 1.29 is 19.1 Å². The minimum atomic E-state index is -0.558. The van der Waals surface area contributed by atoms with E-state index in [4.69, 9.17) is 66.9 Å². The summed E-state index contributed by atoms with van der Waals surface area (Å²) in [7, 11) is 2.66. The summed E-state index contributed by atoms with van der Waals surface area (Å²) in [5.74, 6) is -1.37. The van der Waals surface area contributed by atoms with Crippen molar-refractivity contribution >= 4 is 58.3 Å². The fourth-order valence-corrected chi connectivity index (χ4v) is 5.71. The number of azide groups is 2. The van der Waals surface area contributed by atoms with Gasteiger partial charge in [-0.05, 0) is 83.6 Å². The minimum Gasteiger partial charge on any atom is -0.469 e. The molecule has 50 heavy (non-hydrogen) atoms. The van der Waals surface area contributed by atoms with Crippen molar-refractivity contribution in [2.24, 2.45) is 10.2 Å². The topological polar surface area (TPSA) is 176 Å². The van der Waals surface area contributed by atoms with Crippen LogP contribution in [0.25, 0.3) is 20.9 Å². The smallest absolute Gasteiger partial charge is 0.305 e. The summed E-state index contributed by atoms with van der Waals surface area (Å²) in [5, 5.41) is 10.1. The first-order valence-electron chi connectivity index (χ1n) is 15.1. The summed E-state index contributed by atoms with van der Waals surface area (Å²) in [6, 6.07) is 19.7. The average Bonchev–Trinajstić information content (AvgIpc) is 3.12. The molecule has 0 radical (unpaired) electrons. The summed E-state index contributed by atoms with van der Waals surface area (Å²) < 4.78 is 9.43. The first kappa shape index (κ1) is 39.9. The third kappa shape index (κ3) is 12.4. The number of carbonyl (C=O) groups is 2. The van der Waals surface area contributed by atoms with Crippen molar-refractivity contribution in [3.63, 3.8) is 0 Å². The van der Waals surface area contributed by atoms with Crippen LogP contribution in [0.1, 0.15) is 72.1 Å². The molecular formula is C34H32Cl4N8O4. The molecule has 0 saturated heterocycles. The van der Waals surface area contributed by atoms with E-state index in [-0.39, 0.29) is 36.6 Å². The van der Waals surface area contributed by atoms with E-state index >= 15 is 0 Å². The van der Waals surface area contributed by atoms with E-state index in [0.717, 1.165) is 11.1 Å². The van der Waals surface area contributed by atoms with E-state index in [1.165, 1.54) is 14.2 Å². The Balaban J connectivity index is 0.000000270. The Morgan fingerprint density at radius 1 is 0.640 bits per heavy atom. The highest BCUT2D eigenvalue weighted by molar-refractivity contribution is 6.31. The number of aromatic nitrogens is 2. The Morgan fingerprint density at radius 3 is 1.30 bits per heavy atom. The maximum absolute atomic E-state index is 11.6. The normalized spacial score (nSPS) is 12.8. The van der Waals surface area contributed by atoms with Gasteiger partial charge < -0.3 is 9.47 Å². The van der Waals surface area contributed by atoms with Crippen molar-refractivity contribution in [3.8, 4) is 0 Å². The van der Waals surface area contributed by atoms with Gasteiger partial charge in [-0.2, -0.15) is 0 Å². The molecule has 4 atom stereocenters. The SMILES string of the molecule is COC(=O)CC[C@@H](c1cc(Cl)ccn1)[C@@H](N=[N+]=[N-])c1ccc(Cl)cc1.COC(=O)CC[C@H](c1cc(Cl)ccn1)[C@H](N=[N+]=[N-])c1ccc(Cl)cc1. The lowest BCUT2D eigenvalue weighted by Gasteiger charge is -2.23. The standard InChI is InChI=1S/2C17H16Cl2N4O2/c2*1-25-16(24)7-6-14(15-10-13(19)8-9-21-15)17(22-23-20)11-2-4-12(18)5-3-11/h2*2-5,8-10,14,17H,6-7H2,1H3/t2*14-,17-/m10/s1. The number of nitrogens with zero attached hydrogens (tertiary/aromatic N) is 8. The lowest BCUT2D eigenvalue weighted by molar-refractivity contribution is -0.141. The van der Waals surface area contributed by atoms with Gasteiger partial charge in [0, 0.05) is 78.4 Å². The van der Waals surface area contributed by atoms with E-state index in [1.807, 2.05) is 0 Å². The van der Waals surface area contributed by atoms with Gasteiger partial charge in [0.25, 0.3) is 0 Å². The van der Waals surface area contributed by atoms with Gasteiger partial charge in [0.2, 0.25) is 0 Å². The molecule has 0 fully saturated rings. The molecule has 12 nitrogen and oxygen atoms in total. The zero-order valence-corrected chi connectivity index (χ0v) is 30.0. The molecule has 2 aromatic carbocycles. The Labute approximate surface area is 308 Å². The predicted molar refractivity (Wildman–Crippen MR) is 193 cm³/mol. The largest absolute Gasteiger partial charge is 0.469 e. The summed E-state index contributed by atoms with van der Waals surface area (Å²) in [5.41, 5.74) is 20.9. The van der Waals surface area contributed by atoms with Gasteiger partial charge in [0.15, 0.2) is 0 Å². The predicted octanol–water partition coefficient (Wildman–Crippen LogP) is 11.0. The number of halogens is 4. The fraction of sp³-hybridized carbons (Fsp3) is 0.294. The van der Waals surface area contributed by atoms with Gasteiger partial charge in [-0.15, -0.1) is 0 Å². The van der Waals surface area contributed by atoms with Gasteiger partial charge in [-0.3, -0.25) is 19.6 Å². The monoisotopic (exact) mass is 756 g/mol. The van der Waals surface area contributed by atoms with E-state index in [9.17, 15) is 9.59 Å². The molecule has 260 valence electrons. The van der Waals surface area contributed by atoms with Crippen LogP contribution < -0.4 is 0 Å². The Morgan fingerprint density at radius 2 is 1.00 bits per heavy atom. The molecule has 2 heterocycles. The maximum Gasteiger partial charge on any atom is 0.305 e. The quantitative estimate of drug-likeness (QED) is 0.0535. The van der Waals surface area contributed by atoms with Gasteiger partial charge in [0.05, 0.1) is 26.3 Å². The van der Waals surface area contributed by atoms with E-state index in [2.05, 4.69) is 30.0 Å². The van der Waals surface area contributed by atoms with Crippen molar-refractivity contribution in [2.45, 2.75) is 49.6 Å². The van der Waals surface area contributed by atoms with Gasteiger partial charge >= 0.3 is 11.9 Å². The van der Waals surface area contributed by atoms with E-state index < -0.39 is 12.1 Å². The number of rotatable bonds is 14. The summed E-state index contributed by atoms with van der Waals surface area (Å²) >= 11 is 24.0. The molecule has 4 rings (SSSR count). The zero-order valence-electron chi connectivity index (χ0n) is 26.9. The lowest BCUT2D eigenvalue weighted by Crippen LogP contribution is -2.13. The number of hydrogen-bond acceptors (Lipinski definition) is 8. The van der Waals surface area contributed by atoms with Crippen LogP contribution in [0.4, 0.5) is 0 Å². The van der Waals surface area contributed by atoms with E-state index in [1.54, 1.807) is 85.2 Å². The number of benzene rings is 2. The van der Waals surface area contributed by atoms with Crippen molar-refractivity contribution in [3.05, 3.63) is 149 Å². The van der Waals surface area contributed by atoms with Crippen LogP contribution in [0.2, 0.25) is 20.1 Å². The summed E-state index contributed by atoms with van der Waals surface area (Å²) in [6.07, 6.45) is 4.29. The number of esters is 2. The molecule has 0 unspecified atom stereocenters. The third-order valence-electron chi connectivity index (χ3n) is 7.56. The molecule has 0 amide bonds. The van der Waals surface area contributed by atoms with Crippen LogP contribution >= 0.6 is 46.4 Å². The van der Waals surface area contributed by atoms with Crippen molar-refractivity contribution in [2.75, 3.05) is 14.2 Å². The van der Waals surface area contributed by atoms with Crippen LogP contribution in [-0.4, -0.2) is 36.1 Å². The van der Waals surface area contributed by atoms with Crippen LogP contribution in [0.5, 0.6) is 0 Å². The molecule has 0 saturated carbocycles. The molecule has 0 aliphatic rings. The number of hydrogen-bond donors (Lipinski definition) is 0.